The maximum Gasteiger partial charge on any atom is 0.223 e. The minimum Gasteiger partial charge on any atom is -0.478 e. The van der Waals surface area contributed by atoms with Crippen LogP contribution in [0.25, 0.3) is 22.0 Å². The fourth-order valence-corrected chi connectivity index (χ4v) is 2.25. The maximum absolute atomic E-state index is 5.77. The Morgan fingerprint density at radius 2 is 1.81 bits per heavy atom. The van der Waals surface area contributed by atoms with Gasteiger partial charge in [0.2, 0.25) is 11.8 Å². The third-order valence-electron chi connectivity index (χ3n) is 3.08. The Labute approximate surface area is 129 Å². The molecule has 0 aliphatic heterocycles. The third kappa shape index (κ3) is 3.06. The number of nitrogen functional groups attached to an aromatic ring is 1. The Morgan fingerprint density at radius 3 is 2.62 bits per heavy atom. The van der Waals surface area contributed by atoms with E-state index in [2.05, 4.69) is 28.2 Å². The van der Waals surface area contributed by atoms with Crippen molar-refractivity contribution < 1.29 is 4.74 Å². The average molecular weight is 302 g/mol. The fraction of sp³-hybridized carbons (Fsp3) is 0.125. The minimum absolute atomic E-state index is 0. The first-order valence-electron chi connectivity index (χ1n) is 6.53. The number of ether oxygens (including phenoxy) is 1. The molecule has 21 heavy (non-hydrogen) atoms. The van der Waals surface area contributed by atoms with Crippen LogP contribution in [0.3, 0.4) is 0 Å². The lowest BCUT2D eigenvalue weighted by molar-refractivity contribution is 0.327. The molecule has 0 aliphatic carbocycles. The summed E-state index contributed by atoms with van der Waals surface area (Å²) in [6.45, 7) is 2.46. The molecule has 4 nitrogen and oxygen atoms in total. The first kappa shape index (κ1) is 15.1. The van der Waals surface area contributed by atoms with E-state index in [1.54, 1.807) is 0 Å². The number of nitrogens with zero attached hydrogens (tertiary/aromatic N) is 2. The molecule has 0 saturated heterocycles. The number of hydrogen-bond donors (Lipinski definition) is 1. The van der Waals surface area contributed by atoms with Crippen LogP contribution in [0, 0.1) is 0 Å². The SMILES string of the molecule is CCOc1cc(-c2cccc3ccccc23)nc(N)n1.Cl. The van der Waals surface area contributed by atoms with Gasteiger partial charge < -0.3 is 10.5 Å². The van der Waals surface area contributed by atoms with Crippen molar-refractivity contribution in [2.24, 2.45) is 0 Å². The highest BCUT2D eigenvalue weighted by atomic mass is 35.5. The molecule has 0 spiro atoms. The van der Waals surface area contributed by atoms with Crippen LogP contribution >= 0.6 is 12.4 Å². The number of nitrogens with two attached hydrogens (primary N) is 1. The van der Waals surface area contributed by atoms with Crippen molar-refractivity contribution in [3.8, 4) is 17.1 Å². The fourth-order valence-electron chi connectivity index (χ4n) is 2.25. The van der Waals surface area contributed by atoms with E-state index in [4.69, 9.17) is 10.5 Å². The van der Waals surface area contributed by atoms with Gasteiger partial charge in [0.05, 0.1) is 12.3 Å². The molecule has 0 saturated carbocycles. The van der Waals surface area contributed by atoms with Crippen LogP contribution in [-0.2, 0) is 0 Å². The average Bonchev–Trinajstić information content (AvgIpc) is 2.46. The molecular weight excluding hydrogens is 286 g/mol. The lowest BCUT2D eigenvalue weighted by atomic mass is 10.0. The molecular formula is C16H16ClN3O. The molecule has 0 radical (unpaired) electrons. The molecule has 1 heterocycles. The highest BCUT2D eigenvalue weighted by Crippen LogP contribution is 2.29. The largest absolute Gasteiger partial charge is 0.478 e. The van der Waals surface area contributed by atoms with Crippen molar-refractivity contribution >= 4 is 29.1 Å². The molecule has 2 aromatic carbocycles. The Bertz CT molecular complexity index is 756. The molecule has 0 atom stereocenters. The molecule has 3 aromatic rings. The molecule has 0 fully saturated rings. The summed E-state index contributed by atoms with van der Waals surface area (Å²) in [6, 6.07) is 16.1. The van der Waals surface area contributed by atoms with Gasteiger partial charge in [0, 0.05) is 11.6 Å². The molecule has 3 rings (SSSR count). The molecule has 0 bridgehead atoms. The third-order valence-corrected chi connectivity index (χ3v) is 3.08. The highest BCUT2D eigenvalue weighted by molar-refractivity contribution is 5.95. The predicted octanol–water partition coefficient (Wildman–Crippen LogP) is 3.70. The summed E-state index contributed by atoms with van der Waals surface area (Å²) < 4.78 is 5.43. The van der Waals surface area contributed by atoms with Gasteiger partial charge in [0.25, 0.3) is 0 Å². The van der Waals surface area contributed by atoms with Crippen molar-refractivity contribution in [3.63, 3.8) is 0 Å². The zero-order valence-electron chi connectivity index (χ0n) is 11.6. The van der Waals surface area contributed by atoms with Crippen LogP contribution in [0.15, 0.2) is 48.5 Å². The van der Waals surface area contributed by atoms with Crippen LogP contribution in [0.1, 0.15) is 6.92 Å². The first-order chi connectivity index (χ1) is 9.78. The van der Waals surface area contributed by atoms with Crippen molar-refractivity contribution in [3.05, 3.63) is 48.5 Å². The normalized spacial score (nSPS) is 10.1. The van der Waals surface area contributed by atoms with Crippen molar-refractivity contribution in [2.45, 2.75) is 6.92 Å². The predicted molar refractivity (Wildman–Crippen MR) is 87.8 cm³/mol. The number of hydrogen-bond acceptors (Lipinski definition) is 4. The monoisotopic (exact) mass is 301 g/mol. The van der Waals surface area contributed by atoms with Gasteiger partial charge in [-0.2, -0.15) is 4.98 Å². The zero-order valence-corrected chi connectivity index (χ0v) is 12.4. The first-order valence-corrected chi connectivity index (χ1v) is 6.53. The second-order valence-corrected chi connectivity index (χ2v) is 4.41. The summed E-state index contributed by atoms with van der Waals surface area (Å²) >= 11 is 0. The highest BCUT2D eigenvalue weighted by Gasteiger charge is 2.08. The standard InChI is InChI=1S/C16H15N3O.ClH/c1-2-20-15-10-14(18-16(17)19-15)13-9-5-7-11-6-3-4-8-12(11)13;/h3-10H,2H2,1H3,(H2,17,18,19);1H. The lowest BCUT2D eigenvalue weighted by Crippen LogP contribution is -2.01. The molecule has 0 unspecified atom stereocenters. The van der Waals surface area contributed by atoms with E-state index in [1.807, 2.05) is 37.3 Å². The van der Waals surface area contributed by atoms with E-state index in [-0.39, 0.29) is 18.4 Å². The van der Waals surface area contributed by atoms with Crippen molar-refractivity contribution in [1.82, 2.24) is 9.97 Å². The van der Waals surface area contributed by atoms with Crippen LogP contribution in [0.4, 0.5) is 5.95 Å². The lowest BCUT2D eigenvalue weighted by Gasteiger charge is -2.09. The zero-order chi connectivity index (χ0) is 13.9. The van der Waals surface area contributed by atoms with Gasteiger partial charge in [0.1, 0.15) is 0 Å². The Balaban J connectivity index is 0.00000161. The molecule has 1 aromatic heterocycles. The molecule has 108 valence electrons. The second kappa shape index (κ2) is 6.41. The Hall–Kier alpha value is -2.33. The summed E-state index contributed by atoms with van der Waals surface area (Å²) in [5.74, 6) is 0.724. The summed E-state index contributed by atoms with van der Waals surface area (Å²) in [5, 5.41) is 2.30. The number of benzene rings is 2. The van der Waals surface area contributed by atoms with E-state index in [0.29, 0.717) is 12.5 Å². The van der Waals surface area contributed by atoms with E-state index >= 15 is 0 Å². The number of fused-ring (bicyclic) bond motifs is 1. The van der Waals surface area contributed by atoms with Crippen LogP contribution in [0.2, 0.25) is 0 Å². The summed E-state index contributed by atoms with van der Waals surface area (Å²) in [7, 11) is 0. The van der Waals surface area contributed by atoms with E-state index < -0.39 is 0 Å². The van der Waals surface area contributed by atoms with Gasteiger partial charge in [-0.25, -0.2) is 4.98 Å². The van der Waals surface area contributed by atoms with Crippen molar-refractivity contribution in [1.29, 1.82) is 0 Å². The molecule has 0 aliphatic rings. The van der Waals surface area contributed by atoms with Gasteiger partial charge in [-0.05, 0) is 17.7 Å². The molecule has 5 heteroatoms. The molecule has 2 N–H and O–H groups in total. The second-order valence-electron chi connectivity index (χ2n) is 4.41. The summed E-state index contributed by atoms with van der Waals surface area (Å²) in [5.41, 5.74) is 7.57. The van der Waals surface area contributed by atoms with Crippen LogP contribution < -0.4 is 10.5 Å². The summed E-state index contributed by atoms with van der Waals surface area (Å²) in [4.78, 5) is 8.40. The Morgan fingerprint density at radius 1 is 1.05 bits per heavy atom. The van der Waals surface area contributed by atoms with Gasteiger partial charge in [-0.15, -0.1) is 12.4 Å². The van der Waals surface area contributed by atoms with Crippen LogP contribution in [0.5, 0.6) is 5.88 Å². The van der Waals surface area contributed by atoms with Gasteiger partial charge in [-0.1, -0.05) is 42.5 Å². The molecule has 0 amide bonds. The summed E-state index contributed by atoms with van der Waals surface area (Å²) in [6.07, 6.45) is 0. The minimum atomic E-state index is 0. The van der Waals surface area contributed by atoms with Crippen LogP contribution in [-0.4, -0.2) is 16.6 Å². The quantitative estimate of drug-likeness (QED) is 0.801. The van der Waals surface area contributed by atoms with Gasteiger partial charge >= 0.3 is 0 Å². The van der Waals surface area contributed by atoms with E-state index in [1.165, 1.54) is 5.39 Å². The number of aromatic nitrogens is 2. The van der Waals surface area contributed by atoms with E-state index in [9.17, 15) is 0 Å². The smallest absolute Gasteiger partial charge is 0.223 e. The van der Waals surface area contributed by atoms with Crippen molar-refractivity contribution in [2.75, 3.05) is 12.3 Å². The number of halogens is 1. The maximum atomic E-state index is 5.77. The van der Waals surface area contributed by atoms with E-state index in [0.717, 1.165) is 16.6 Å². The Kier molecular flexibility index (Phi) is 4.60. The van der Waals surface area contributed by atoms with Gasteiger partial charge in [0.15, 0.2) is 0 Å². The number of rotatable bonds is 3. The number of anilines is 1. The van der Waals surface area contributed by atoms with Gasteiger partial charge in [-0.3, -0.25) is 0 Å². The topological polar surface area (TPSA) is 61.0 Å².